The predicted octanol–water partition coefficient (Wildman–Crippen LogP) is 2.23. The standard InChI is InChI=1S/C13H20N2/c14-12-5-1-10(2-6-12)9-11-3-7-13(15)8-4-11/h1-2,5,7,11-12H,3-4,6,8-9,14-15H2. The fourth-order valence-electron chi connectivity index (χ4n) is 2.26. The summed E-state index contributed by atoms with van der Waals surface area (Å²) in [6, 6.07) is 0.232. The van der Waals surface area contributed by atoms with E-state index in [-0.39, 0.29) is 6.04 Å². The molecule has 2 atom stereocenters. The van der Waals surface area contributed by atoms with Gasteiger partial charge in [-0.15, -0.1) is 0 Å². The highest BCUT2D eigenvalue weighted by Gasteiger charge is 2.15. The third kappa shape index (κ3) is 2.96. The molecule has 15 heavy (non-hydrogen) atoms. The third-order valence-corrected chi connectivity index (χ3v) is 3.29. The van der Waals surface area contributed by atoms with Crippen molar-refractivity contribution in [1.29, 1.82) is 0 Å². The van der Waals surface area contributed by atoms with Gasteiger partial charge in [-0.2, -0.15) is 0 Å². The van der Waals surface area contributed by atoms with Crippen molar-refractivity contribution in [2.24, 2.45) is 17.4 Å². The molecular formula is C13H20N2. The summed E-state index contributed by atoms with van der Waals surface area (Å²) in [5.74, 6) is 0.780. The molecule has 0 spiro atoms. The van der Waals surface area contributed by atoms with Crippen molar-refractivity contribution in [3.05, 3.63) is 35.6 Å². The topological polar surface area (TPSA) is 52.0 Å². The van der Waals surface area contributed by atoms with Crippen LogP contribution in [0.3, 0.4) is 0 Å². The van der Waals surface area contributed by atoms with Crippen molar-refractivity contribution in [2.75, 3.05) is 0 Å². The lowest BCUT2D eigenvalue weighted by molar-refractivity contribution is 0.466. The van der Waals surface area contributed by atoms with Crippen LogP contribution >= 0.6 is 0 Å². The lowest BCUT2D eigenvalue weighted by Gasteiger charge is -2.22. The van der Waals surface area contributed by atoms with E-state index in [0.29, 0.717) is 0 Å². The number of allylic oxidation sites excluding steroid dienone is 4. The molecule has 2 heteroatoms. The first-order valence-corrected chi connectivity index (χ1v) is 5.81. The highest BCUT2D eigenvalue weighted by molar-refractivity contribution is 5.25. The Morgan fingerprint density at radius 1 is 1.27 bits per heavy atom. The fourth-order valence-corrected chi connectivity index (χ4v) is 2.26. The molecule has 2 nitrogen and oxygen atoms in total. The van der Waals surface area contributed by atoms with Crippen LogP contribution in [0.15, 0.2) is 35.6 Å². The highest BCUT2D eigenvalue weighted by Crippen LogP contribution is 2.28. The summed E-state index contributed by atoms with van der Waals surface area (Å²) in [6.45, 7) is 0. The molecule has 0 aliphatic heterocycles. The van der Waals surface area contributed by atoms with Gasteiger partial charge in [-0.25, -0.2) is 0 Å². The van der Waals surface area contributed by atoms with E-state index in [0.717, 1.165) is 30.9 Å². The summed E-state index contributed by atoms with van der Waals surface area (Å²) in [5.41, 5.74) is 14.1. The van der Waals surface area contributed by atoms with Gasteiger partial charge in [0, 0.05) is 11.7 Å². The molecule has 2 unspecified atom stereocenters. The maximum atomic E-state index is 5.79. The smallest absolute Gasteiger partial charge is 0.0262 e. The molecule has 0 amide bonds. The van der Waals surface area contributed by atoms with Crippen molar-refractivity contribution < 1.29 is 0 Å². The number of hydrogen-bond donors (Lipinski definition) is 2. The molecule has 0 aromatic heterocycles. The van der Waals surface area contributed by atoms with E-state index in [9.17, 15) is 0 Å². The predicted molar refractivity (Wildman–Crippen MR) is 64.0 cm³/mol. The van der Waals surface area contributed by atoms with E-state index >= 15 is 0 Å². The monoisotopic (exact) mass is 204 g/mol. The molecule has 4 N–H and O–H groups in total. The van der Waals surface area contributed by atoms with E-state index in [2.05, 4.69) is 24.3 Å². The Morgan fingerprint density at radius 2 is 2.13 bits per heavy atom. The molecule has 2 aliphatic carbocycles. The van der Waals surface area contributed by atoms with Crippen LogP contribution in [-0.4, -0.2) is 6.04 Å². The number of nitrogens with two attached hydrogens (primary N) is 2. The summed E-state index contributed by atoms with van der Waals surface area (Å²) < 4.78 is 0. The van der Waals surface area contributed by atoms with Gasteiger partial charge in [-0.05, 0) is 38.0 Å². The van der Waals surface area contributed by atoms with Crippen LogP contribution in [-0.2, 0) is 0 Å². The van der Waals surface area contributed by atoms with Crippen LogP contribution in [0.5, 0.6) is 0 Å². The largest absolute Gasteiger partial charge is 0.402 e. The second-order valence-electron chi connectivity index (χ2n) is 4.66. The van der Waals surface area contributed by atoms with E-state index in [4.69, 9.17) is 11.5 Å². The van der Waals surface area contributed by atoms with Crippen LogP contribution in [0, 0.1) is 5.92 Å². The molecule has 0 fully saturated rings. The minimum Gasteiger partial charge on any atom is -0.402 e. The quantitative estimate of drug-likeness (QED) is 0.724. The van der Waals surface area contributed by atoms with Gasteiger partial charge in [0.1, 0.15) is 0 Å². The average molecular weight is 204 g/mol. The minimum atomic E-state index is 0.232. The van der Waals surface area contributed by atoms with Gasteiger partial charge in [0.2, 0.25) is 0 Å². The first-order chi connectivity index (χ1) is 7.24. The molecule has 0 bridgehead atoms. The van der Waals surface area contributed by atoms with E-state index < -0.39 is 0 Å². The summed E-state index contributed by atoms with van der Waals surface area (Å²) in [6.07, 6.45) is 14.4. The van der Waals surface area contributed by atoms with Crippen LogP contribution in [0.25, 0.3) is 0 Å². The van der Waals surface area contributed by atoms with E-state index in [1.54, 1.807) is 0 Å². The Kier molecular flexibility index (Phi) is 3.27. The molecule has 0 radical (unpaired) electrons. The SMILES string of the molecule is NC1=CCC(CC2=CCC(N)C=C2)CC1. The van der Waals surface area contributed by atoms with Crippen molar-refractivity contribution >= 4 is 0 Å². The van der Waals surface area contributed by atoms with Gasteiger partial charge in [-0.3, -0.25) is 0 Å². The Bertz CT molecular complexity index is 312. The number of rotatable bonds is 2. The van der Waals surface area contributed by atoms with Crippen molar-refractivity contribution in [3.63, 3.8) is 0 Å². The van der Waals surface area contributed by atoms with Crippen LogP contribution in [0.2, 0.25) is 0 Å². The van der Waals surface area contributed by atoms with Gasteiger partial charge in [-0.1, -0.05) is 29.9 Å². The normalized spacial score (nSPS) is 31.0. The van der Waals surface area contributed by atoms with Gasteiger partial charge in [0.15, 0.2) is 0 Å². The number of hydrogen-bond acceptors (Lipinski definition) is 2. The lowest BCUT2D eigenvalue weighted by Crippen LogP contribution is -2.18. The molecule has 0 aromatic carbocycles. The van der Waals surface area contributed by atoms with Gasteiger partial charge < -0.3 is 11.5 Å². The Balaban J connectivity index is 1.86. The Hall–Kier alpha value is -1.02. The Morgan fingerprint density at radius 3 is 2.73 bits per heavy atom. The van der Waals surface area contributed by atoms with E-state index in [1.807, 2.05) is 0 Å². The molecule has 0 saturated carbocycles. The Labute approximate surface area is 91.7 Å². The lowest BCUT2D eigenvalue weighted by atomic mass is 9.86. The van der Waals surface area contributed by atoms with Crippen molar-refractivity contribution in [2.45, 2.75) is 38.1 Å². The minimum absolute atomic E-state index is 0.232. The first-order valence-electron chi connectivity index (χ1n) is 5.81. The maximum Gasteiger partial charge on any atom is 0.0262 e. The maximum absolute atomic E-state index is 5.79. The second kappa shape index (κ2) is 4.67. The van der Waals surface area contributed by atoms with Gasteiger partial charge >= 0.3 is 0 Å². The first kappa shape index (κ1) is 10.5. The molecule has 0 heterocycles. The second-order valence-corrected chi connectivity index (χ2v) is 4.66. The highest BCUT2D eigenvalue weighted by atomic mass is 14.6. The van der Waals surface area contributed by atoms with Crippen LogP contribution in [0.4, 0.5) is 0 Å². The molecule has 2 rings (SSSR count). The molecule has 2 aliphatic rings. The summed E-state index contributed by atoms with van der Waals surface area (Å²) in [7, 11) is 0. The molecule has 82 valence electrons. The summed E-state index contributed by atoms with van der Waals surface area (Å²) >= 11 is 0. The van der Waals surface area contributed by atoms with Crippen molar-refractivity contribution in [3.8, 4) is 0 Å². The zero-order valence-electron chi connectivity index (χ0n) is 9.15. The van der Waals surface area contributed by atoms with Gasteiger partial charge in [0.25, 0.3) is 0 Å². The summed E-state index contributed by atoms with van der Waals surface area (Å²) in [5, 5.41) is 0. The van der Waals surface area contributed by atoms with E-state index in [1.165, 1.54) is 18.4 Å². The van der Waals surface area contributed by atoms with Crippen LogP contribution in [0.1, 0.15) is 32.1 Å². The average Bonchev–Trinajstić information content (AvgIpc) is 2.25. The van der Waals surface area contributed by atoms with Gasteiger partial charge in [0.05, 0.1) is 0 Å². The molecule has 0 aromatic rings. The molecule has 0 saturated heterocycles. The molecular weight excluding hydrogens is 184 g/mol. The zero-order valence-corrected chi connectivity index (χ0v) is 9.15. The zero-order chi connectivity index (χ0) is 10.7. The van der Waals surface area contributed by atoms with Crippen LogP contribution < -0.4 is 11.5 Å². The summed E-state index contributed by atoms with van der Waals surface area (Å²) in [4.78, 5) is 0. The van der Waals surface area contributed by atoms with Crippen molar-refractivity contribution in [1.82, 2.24) is 0 Å². The third-order valence-electron chi connectivity index (χ3n) is 3.29. The fraction of sp³-hybridized carbons (Fsp3) is 0.538.